The number of hydroxylamine groups is 2. The Morgan fingerprint density at radius 1 is 1.00 bits per heavy atom. The van der Waals surface area contributed by atoms with E-state index in [1.54, 1.807) is 12.1 Å². The normalized spacial score (nSPS) is 14.4. The number of nitrogens with zero attached hydrogens (tertiary/aromatic N) is 2. The highest BCUT2D eigenvalue weighted by molar-refractivity contribution is 5.98. The number of Topliss-reactive ketones (excluding diaryl/α,β-unsaturated/α-hetero) is 1. The third-order valence-corrected chi connectivity index (χ3v) is 7.29. The molecule has 1 saturated heterocycles. The fourth-order valence-electron chi connectivity index (χ4n) is 4.76. The second kappa shape index (κ2) is 15.9. The summed E-state index contributed by atoms with van der Waals surface area (Å²) >= 11 is 0. The summed E-state index contributed by atoms with van der Waals surface area (Å²) in [7, 11) is 0. The van der Waals surface area contributed by atoms with E-state index in [0.717, 1.165) is 36.9 Å². The Labute approximate surface area is 241 Å². The van der Waals surface area contributed by atoms with Crippen molar-refractivity contribution in [3.05, 3.63) is 59.7 Å². The lowest BCUT2D eigenvalue weighted by molar-refractivity contribution is -0.127. The van der Waals surface area contributed by atoms with Crippen LogP contribution in [0.4, 0.5) is 4.79 Å². The van der Waals surface area contributed by atoms with E-state index in [1.807, 2.05) is 29.2 Å². The molecule has 222 valence electrons. The zero-order valence-corrected chi connectivity index (χ0v) is 24.0. The van der Waals surface area contributed by atoms with E-state index in [1.165, 1.54) is 12.5 Å². The maximum Gasteiger partial charge on any atom is 0.341 e. The Hall–Kier alpha value is -3.76. The number of aryl methyl sites for hydroxylation is 1. The van der Waals surface area contributed by atoms with E-state index in [4.69, 9.17) is 0 Å². The van der Waals surface area contributed by atoms with Gasteiger partial charge in [-0.15, -0.1) is 0 Å². The van der Waals surface area contributed by atoms with Crippen molar-refractivity contribution in [1.82, 2.24) is 20.6 Å². The highest BCUT2D eigenvalue weighted by Gasteiger charge is 2.26. The fraction of sp³-hybridized carbons (Fsp3) is 0.484. The summed E-state index contributed by atoms with van der Waals surface area (Å²) < 4.78 is 0. The Balaban J connectivity index is 1.39. The van der Waals surface area contributed by atoms with Crippen molar-refractivity contribution in [1.29, 1.82) is 0 Å². The molecule has 1 aliphatic heterocycles. The van der Waals surface area contributed by atoms with E-state index in [-0.39, 0.29) is 25.3 Å². The number of likely N-dealkylation sites (tertiary alicyclic amines) is 1. The predicted octanol–water partition coefficient (Wildman–Crippen LogP) is 3.55. The first-order chi connectivity index (χ1) is 19.7. The fourth-order valence-corrected chi connectivity index (χ4v) is 4.76. The van der Waals surface area contributed by atoms with Crippen LogP contribution in [0.15, 0.2) is 48.5 Å². The molecule has 10 nitrogen and oxygen atoms in total. The molecule has 0 radical (unpaired) electrons. The summed E-state index contributed by atoms with van der Waals surface area (Å²) in [6.07, 6.45) is 2.88. The molecular weight excluding hydrogens is 524 g/mol. The van der Waals surface area contributed by atoms with E-state index in [9.17, 15) is 29.5 Å². The molecule has 0 aliphatic carbocycles. The van der Waals surface area contributed by atoms with Gasteiger partial charge in [-0.2, -0.15) is 0 Å². The largest absolute Gasteiger partial charge is 0.391 e. The highest BCUT2D eigenvalue weighted by atomic mass is 16.5. The molecular formula is C31H42N4O6. The van der Waals surface area contributed by atoms with Gasteiger partial charge in [0, 0.05) is 38.0 Å². The molecule has 0 saturated carbocycles. The number of carbonyl (C=O) groups excluding carboxylic acids is 4. The monoisotopic (exact) mass is 566 g/mol. The molecule has 4 N–H and O–H groups in total. The topological polar surface area (TPSA) is 139 Å². The van der Waals surface area contributed by atoms with Crippen LogP contribution in [0.5, 0.6) is 0 Å². The van der Waals surface area contributed by atoms with Crippen LogP contribution in [0, 0.1) is 0 Å². The van der Waals surface area contributed by atoms with Crippen molar-refractivity contribution < 1.29 is 29.5 Å². The van der Waals surface area contributed by atoms with Gasteiger partial charge < -0.3 is 20.6 Å². The first kappa shape index (κ1) is 31.8. The van der Waals surface area contributed by atoms with E-state index in [2.05, 4.69) is 29.7 Å². The van der Waals surface area contributed by atoms with Gasteiger partial charge in [0.1, 0.15) is 6.04 Å². The molecule has 2 atom stereocenters. The van der Waals surface area contributed by atoms with Gasteiger partial charge in [-0.25, -0.2) is 9.86 Å². The highest BCUT2D eigenvalue weighted by Crippen LogP contribution is 2.21. The Morgan fingerprint density at radius 3 is 2.24 bits per heavy atom. The molecule has 0 bridgehead atoms. The lowest BCUT2D eigenvalue weighted by Gasteiger charge is -2.21. The van der Waals surface area contributed by atoms with Crippen LogP contribution in [-0.2, 0) is 16.0 Å². The predicted molar refractivity (Wildman–Crippen MR) is 155 cm³/mol. The van der Waals surface area contributed by atoms with Crippen LogP contribution in [0.3, 0.4) is 0 Å². The van der Waals surface area contributed by atoms with Crippen molar-refractivity contribution in [2.24, 2.45) is 0 Å². The molecule has 1 heterocycles. The molecule has 0 aromatic heterocycles. The van der Waals surface area contributed by atoms with Gasteiger partial charge in [-0.05, 0) is 67.9 Å². The lowest BCUT2D eigenvalue weighted by Crippen LogP contribution is -2.48. The summed E-state index contributed by atoms with van der Waals surface area (Å²) in [5.74, 6) is -0.703. The molecule has 4 amide bonds. The number of aliphatic hydroxyl groups is 1. The SMILES string of the molecule is CCc1ccc(-c2ccc(C(=O)N[C@H](C(=O)CCCN(O)C(=O)NCCCCN3CCCC3=O)[C@@H](C)O)cc2)cc1. The minimum Gasteiger partial charge on any atom is -0.391 e. The molecule has 0 unspecified atom stereocenters. The Bertz CT molecular complexity index is 1170. The second-order valence-electron chi connectivity index (χ2n) is 10.4. The molecule has 2 aromatic carbocycles. The molecule has 0 spiro atoms. The van der Waals surface area contributed by atoms with Gasteiger partial charge in [0.25, 0.3) is 5.91 Å². The number of carbonyl (C=O) groups is 4. The average Bonchev–Trinajstić information content (AvgIpc) is 3.39. The smallest absolute Gasteiger partial charge is 0.341 e. The van der Waals surface area contributed by atoms with Crippen LogP contribution in [0.25, 0.3) is 11.1 Å². The summed E-state index contributed by atoms with van der Waals surface area (Å²) in [5, 5.41) is 25.9. The molecule has 3 rings (SSSR count). The van der Waals surface area contributed by atoms with Crippen molar-refractivity contribution in [3.8, 4) is 11.1 Å². The number of hydrogen-bond donors (Lipinski definition) is 4. The van der Waals surface area contributed by atoms with Gasteiger partial charge in [-0.3, -0.25) is 19.6 Å². The zero-order valence-electron chi connectivity index (χ0n) is 24.0. The maximum atomic E-state index is 12.8. The van der Waals surface area contributed by atoms with Gasteiger partial charge in [0.15, 0.2) is 5.78 Å². The molecule has 1 aliphatic rings. The lowest BCUT2D eigenvalue weighted by atomic mass is 10.0. The maximum absolute atomic E-state index is 12.8. The minimum atomic E-state index is -1.12. The number of aliphatic hydroxyl groups excluding tert-OH is 1. The zero-order chi connectivity index (χ0) is 29.8. The summed E-state index contributed by atoms with van der Waals surface area (Å²) in [5.41, 5.74) is 3.60. The van der Waals surface area contributed by atoms with Crippen LogP contribution >= 0.6 is 0 Å². The number of ketones is 1. The Morgan fingerprint density at radius 2 is 1.66 bits per heavy atom. The summed E-state index contributed by atoms with van der Waals surface area (Å²) in [4.78, 5) is 51.1. The standard InChI is InChI=1S/C31H42N4O6/c1-3-23-10-12-24(13-11-23)25-14-16-26(17-15-25)30(39)33-29(22(2)36)27(37)8-6-21-35(41)31(40)32-18-4-5-19-34-20-7-9-28(34)38/h10-17,22,29,36,41H,3-9,18-21H2,1-2H3,(H,32,40)(H,33,39)/t22-,29+/m1/s1. The number of rotatable bonds is 15. The summed E-state index contributed by atoms with van der Waals surface area (Å²) in [6.45, 7) is 5.26. The van der Waals surface area contributed by atoms with Crippen LogP contribution < -0.4 is 10.6 Å². The number of benzene rings is 2. The number of nitrogens with one attached hydrogen (secondary N) is 2. The average molecular weight is 567 g/mol. The first-order valence-electron chi connectivity index (χ1n) is 14.4. The van der Waals surface area contributed by atoms with Crippen LogP contribution in [0.2, 0.25) is 0 Å². The van der Waals surface area contributed by atoms with Crippen molar-refractivity contribution in [2.45, 2.75) is 70.9 Å². The molecule has 41 heavy (non-hydrogen) atoms. The quantitative estimate of drug-likeness (QED) is 0.148. The van der Waals surface area contributed by atoms with Gasteiger partial charge in [0.2, 0.25) is 5.91 Å². The van der Waals surface area contributed by atoms with E-state index < -0.39 is 29.9 Å². The first-order valence-corrected chi connectivity index (χ1v) is 14.4. The van der Waals surface area contributed by atoms with Gasteiger partial charge in [0.05, 0.1) is 12.6 Å². The van der Waals surface area contributed by atoms with Crippen molar-refractivity contribution in [3.63, 3.8) is 0 Å². The number of amides is 4. The van der Waals surface area contributed by atoms with Crippen LogP contribution in [0.1, 0.15) is 68.3 Å². The van der Waals surface area contributed by atoms with Gasteiger partial charge >= 0.3 is 6.03 Å². The van der Waals surface area contributed by atoms with Crippen LogP contribution in [-0.4, -0.2) is 82.2 Å². The summed E-state index contributed by atoms with van der Waals surface area (Å²) in [6, 6.07) is 13.5. The molecule has 2 aromatic rings. The van der Waals surface area contributed by atoms with Gasteiger partial charge in [-0.1, -0.05) is 43.3 Å². The number of hydrogen-bond acceptors (Lipinski definition) is 6. The second-order valence-corrected chi connectivity index (χ2v) is 10.4. The minimum absolute atomic E-state index is 0.0449. The third kappa shape index (κ3) is 9.68. The van der Waals surface area contributed by atoms with E-state index >= 15 is 0 Å². The third-order valence-electron chi connectivity index (χ3n) is 7.29. The van der Waals surface area contributed by atoms with Crippen molar-refractivity contribution in [2.75, 3.05) is 26.2 Å². The number of unbranched alkanes of at least 4 members (excludes halogenated alkanes) is 1. The molecule has 1 fully saturated rings. The van der Waals surface area contributed by atoms with Crippen molar-refractivity contribution >= 4 is 23.6 Å². The molecule has 10 heteroatoms. The van der Waals surface area contributed by atoms with E-state index in [0.29, 0.717) is 36.6 Å². The number of urea groups is 1. The Kier molecular flexibility index (Phi) is 12.3.